The van der Waals surface area contributed by atoms with E-state index < -0.39 is 5.60 Å². The SMILES string of the molecule is CC(C)(C)CC(=O)N[C@H]1[C@H](c2cccs2)NCC[C@@]1(C)O. The fourth-order valence-electron chi connectivity index (χ4n) is 2.79. The van der Waals surface area contributed by atoms with Gasteiger partial charge >= 0.3 is 0 Å². The molecule has 2 rings (SSSR count). The van der Waals surface area contributed by atoms with Crippen molar-refractivity contribution in [2.75, 3.05) is 6.54 Å². The molecular formula is C16H26N2O2S. The Labute approximate surface area is 131 Å². The summed E-state index contributed by atoms with van der Waals surface area (Å²) in [6.45, 7) is 8.69. The van der Waals surface area contributed by atoms with Gasteiger partial charge in [0, 0.05) is 11.3 Å². The number of thiophene rings is 1. The molecule has 0 unspecified atom stereocenters. The molecule has 1 aromatic heterocycles. The third-order valence-corrected chi connectivity index (χ3v) is 4.81. The van der Waals surface area contributed by atoms with Crippen LogP contribution in [0.3, 0.4) is 0 Å². The van der Waals surface area contributed by atoms with Crippen molar-refractivity contribution in [1.82, 2.24) is 10.6 Å². The van der Waals surface area contributed by atoms with Crippen LogP contribution in [0.25, 0.3) is 0 Å². The molecule has 1 aliphatic heterocycles. The molecule has 1 aromatic rings. The zero-order chi connectivity index (χ0) is 15.7. The first-order valence-electron chi connectivity index (χ1n) is 7.48. The molecule has 1 amide bonds. The summed E-state index contributed by atoms with van der Waals surface area (Å²) in [6, 6.07) is 3.71. The zero-order valence-corrected chi connectivity index (χ0v) is 14.1. The van der Waals surface area contributed by atoms with Crippen LogP contribution in [0.4, 0.5) is 0 Å². The highest BCUT2D eigenvalue weighted by Gasteiger charge is 2.43. The van der Waals surface area contributed by atoms with E-state index in [4.69, 9.17) is 0 Å². The quantitative estimate of drug-likeness (QED) is 0.803. The number of carbonyl (C=O) groups excluding carboxylic acids is 1. The van der Waals surface area contributed by atoms with E-state index in [1.54, 1.807) is 11.3 Å². The summed E-state index contributed by atoms with van der Waals surface area (Å²) in [5.41, 5.74) is -0.954. The van der Waals surface area contributed by atoms with E-state index in [1.165, 1.54) is 0 Å². The number of amides is 1. The predicted octanol–water partition coefficient (Wildman–Crippen LogP) is 2.45. The normalized spacial score (nSPS) is 30.1. The largest absolute Gasteiger partial charge is 0.388 e. The average Bonchev–Trinajstić information content (AvgIpc) is 2.82. The van der Waals surface area contributed by atoms with Crippen LogP contribution < -0.4 is 10.6 Å². The van der Waals surface area contributed by atoms with Crippen molar-refractivity contribution in [2.24, 2.45) is 5.41 Å². The van der Waals surface area contributed by atoms with E-state index in [0.29, 0.717) is 12.8 Å². The summed E-state index contributed by atoms with van der Waals surface area (Å²) in [4.78, 5) is 13.4. The lowest BCUT2D eigenvalue weighted by Gasteiger charge is -2.43. The van der Waals surface area contributed by atoms with Crippen LogP contribution in [0.15, 0.2) is 17.5 Å². The van der Waals surface area contributed by atoms with Crippen LogP contribution in [0.2, 0.25) is 0 Å². The predicted molar refractivity (Wildman–Crippen MR) is 86.3 cm³/mol. The molecule has 1 aliphatic rings. The number of piperidine rings is 1. The molecule has 0 radical (unpaired) electrons. The Bertz CT molecular complexity index is 477. The molecule has 1 fully saturated rings. The molecule has 0 bridgehead atoms. The highest BCUT2D eigenvalue weighted by molar-refractivity contribution is 7.10. The monoisotopic (exact) mass is 310 g/mol. The Hall–Kier alpha value is -0.910. The minimum Gasteiger partial charge on any atom is -0.388 e. The van der Waals surface area contributed by atoms with Crippen LogP contribution in [0.1, 0.15) is 51.5 Å². The van der Waals surface area contributed by atoms with Crippen molar-refractivity contribution < 1.29 is 9.90 Å². The van der Waals surface area contributed by atoms with Crippen molar-refractivity contribution >= 4 is 17.2 Å². The van der Waals surface area contributed by atoms with Crippen LogP contribution in [-0.4, -0.2) is 29.2 Å². The number of rotatable bonds is 3. The molecule has 3 N–H and O–H groups in total. The lowest BCUT2D eigenvalue weighted by molar-refractivity contribution is -0.127. The second-order valence-corrected chi connectivity index (χ2v) is 8.32. The Morgan fingerprint density at radius 3 is 2.86 bits per heavy atom. The molecule has 118 valence electrons. The van der Waals surface area contributed by atoms with E-state index in [0.717, 1.165) is 11.4 Å². The first-order chi connectivity index (χ1) is 9.69. The third-order valence-electron chi connectivity index (χ3n) is 3.86. The van der Waals surface area contributed by atoms with Crippen molar-refractivity contribution in [1.29, 1.82) is 0 Å². The second kappa shape index (κ2) is 6.07. The Morgan fingerprint density at radius 2 is 2.29 bits per heavy atom. The van der Waals surface area contributed by atoms with Gasteiger partial charge in [-0.05, 0) is 36.8 Å². The summed E-state index contributed by atoms with van der Waals surface area (Å²) in [7, 11) is 0. The molecule has 2 heterocycles. The number of nitrogens with one attached hydrogen (secondary N) is 2. The van der Waals surface area contributed by atoms with E-state index in [2.05, 4.69) is 10.6 Å². The maximum absolute atomic E-state index is 12.3. The van der Waals surface area contributed by atoms with Crippen LogP contribution >= 0.6 is 11.3 Å². The van der Waals surface area contributed by atoms with Gasteiger partial charge in [0.2, 0.25) is 5.91 Å². The van der Waals surface area contributed by atoms with Gasteiger partial charge in [0.15, 0.2) is 0 Å². The minimum atomic E-state index is -0.895. The molecule has 0 aromatic carbocycles. The molecule has 0 aliphatic carbocycles. The Kier molecular flexibility index (Phi) is 4.76. The lowest BCUT2D eigenvalue weighted by Crippen LogP contribution is -2.61. The molecule has 21 heavy (non-hydrogen) atoms. The lowest BCUT2D eigenvalue weighted by atomic mass is 9.82. The summed E-state index contributed by atoms with van der Waals surface area (Å²) < 4.78 is 0. The smallest absolute Gasteiger partial charge is 0.220 e. The fourth-order valence-corrected chi connectivity index (χ4v) is 3.63. The van der Waals surface area contributed by atoms with Crippen molar-refractivity contribution in [3.63, 3.8) is 0 Å². The van der Waals surface area contributed by atoms with Crippen LogP contribution in [-0.2, 0) is 4.79 Å². The Morgan fingerprint density at radius 1 is 1.57 bits per heavy atom. The van der Waals surface area contributed by atoms with Crippen LogP contribution in [0.5, 0.6) is 0 Å². The summed E-state index contributed by atoms with van der Waals surface area (Å²) in [5, 5.41) is 19.2. The number of hydrogen-bond donors (Lipinski definition) is 3. The van der Waals surface area contributed by atoms with Gasteiger partial charge in [-0.2, -0.15) is 0 Å². The van der Waals surface area contributed by atoms with Gasteiger partial charge in [0.25, 0.3) is 0 Å². The first-order valence-corrected chi connectivity index (χ1v) is 8.35. The molecule has 0 saturated carbocycles. The number of aliphatic hydroxyl groups is 1. The molecule has 0 spiro atoms. The van der Waals surface area contributed by atoms with Gasteiger partial charge in [-0.3, -0.25) is 4.79 Å². The van der Waals surface area contributed by atoms with Gasteiger partial charge in [-0.15, -0.1) is 11.3 Å². The highest BCUT2D eigenvalue weighted by atomic mass is 32.1. The van der Waals surface area contributed by atoms with E-state index in [9.17, 15) is 9.90 Å². The maximum Gasteiger partial charge on any atom is 0.220 e. The fraction of sp³-hybridized carbons (Fsp3) is 0.688. The topological polar surface area (TPSA) is 61.4 Å². The molecular weight excluding hydrogens is 284 g/mol. The van der Waals surface area contributed by atoms with E-state index in [-0.39, 0.29) is 23.4 Å². The van der Waals surface area contributed by atoms with Crippen molar-refractivity contribution in [3.8, 4) is 0 Å². The first kappa shape index (κ1) is 16.5. The Balaban J connectivity index is 2.16. The summed E-state index contributed by atoms with van der Waals surface area (Å²) in [5.74, 6) is -0.00182. The van der Waals surface area contributed by atoms with Crippen molar-refractivity contribution in [2.45, 2.75) is 58.2 Å². The van der Waals surface area contributed by atoms with E-state index in [1.807, 2.05) is 45.2 Å². The number of carbonyl (C=O) groups is 1. The standard InChI is InChI=1S/C16H26N2O2S/c1-15(2,3)10-12(19)18-14-13(11-6-5-9-21-11)17-8-7-16(14,4)20/h5-6,9,13-14,17,20H,7-8,10H2,1-4H3,(H,18,19)/t13-,14-,16+/m0/s1. The van der Waals surface area contributed by atoms with Gasteiger partial charge in [-0.1, -0.05) is 26.8 Å². The highest BCUT2D eigenvalue weighted by Crippen LogP contribution is 2.33. The van der Waals surface area contributed by atoms with Crippen LogP contribution in [0, 0.1) is 5.41 Å². The summed E-state index contributed by atoms with van der Waals surface area (Å²) >= 11 is 1.65. The summed E-state index contributed by atoms with van der Waals surface area (Å²) in [6.07, 6.45) is 1.09. The van der Waals surface area contributed by atoms with Gasteiger partial charge in [0.05, 0.1) is 17.7 Å². The molecule has 5 heteroatoms. The van der Waals surface area contributed by atoms with E-state index >= 15 is 0 Å². The third kappa shape index (κ3) is 4.28. The van der Waals surface area contributed by atoms with Gasteiger partial charge in [-0.25, -0.2) is 0 Å². The zero-order valence-electron chi connectivity index (χ0n) is 13.3. The maximum atomic E-state index is 12.3. The van der Waals surface area contributed by atoms with Gasteiger partial charge in [0.1, 0.15) is 0 Å². The molecule has 4 nitrogen and oxygen atoms in total. The molecule has 3 atom stereocenters. The van der Waals surface area contributed by atoms with Crippen molar-refractivity contribution in [3.05, 3.63) is 22.4 Å². The molecule has 1 saturated heterocycles. The average molecular weight is 310 g/mol. The second-order valence-electron chi connectivity index (χ2n) is 7.34. The van der Waals surface area contributed by atoms with Gasteiger partial charge < -0.3 is 15.7 Å². The minimum absolute atomic E-state index is 0.00182. The number of hydrogen-bond acceptors (Lipinski definition) is 4.